The van der Waals surface area contributed by atoms with Gasteiger partial charge in [-0.05, 0) is 0 Å². The van der Waals surface area contributed by atoms with Gasteiger partial charge in [0.2, 0.25) is 0 Å². The van der Waals surface area contributed by atoms with Crippen LogP contribution in [0.4, 0.5) is 0 Å². The smallest absolute Gasteiger partial charge is 0.744 e. The van der Waals surface area contributed by atoms with Gasteiger partial charge in [0.15, 0.2) is 5.58 Å². The maximum Gasteiger partial charge on any atom is 1.00 e. The van der Waals surface area contributed by atoms with Crippen LogP contribution in [0.25, 0.3) is 21.9 Å². The molecule has 0 aliphatic heterocycles. The van der Waals surface area contributed by atoms with E-state index in [1.165, 1.54) is 0 Å². The van der Waals surface area contributed by atoms with Gasteiger partial charge >= 0.3 is 29.6 Å². The van der Waals surface area contributed by atoms with E-state index in [0.29, 0.717) is 16.3 Å². The van der Waals surface area contributed by atoms with Gasteiger partial charge in [0.1, 0.15) is 15.6 Å². The van der Waals surface area contributed by atoms with Crippen LogP contribution >= 0.6 is 0 Å². The predicted octanol–water partition coefficient (Wildman–Crippen LogP) is -1.72. The molecule has 8 heteroatoms. The molecule has 0 saturated carbocycles. The summed E-state index contributed by atoms with van der Waals surface area (Å²) in [5.41, 5.74) is 0.617. The third-order valence-corrected chi connectivity index (χ3v) is 3.37. The van der Waals surface area contributed by atoms with Gasteiger partial charge in [-0.15, -0.1) is 5.10 Å². The Kier molecular flexibility index (Phi) is 3.43. The SMILES string of the molecule is O=S(=O)([O-])c1cc2onnc2c2ccccc12.[Na+]. The van der Waals surface area contributed by atoms with E-state index < -0.39 is 10.1 Å². The van der Waals surface area contributed by atoms with Crippen LogP contribution in [0, 0.1) is 0 Å². The quantitative estimate of drug-likeness (QED) is 0.386. The normalized spacial score (nSPS) is 11.6. The van der Waals surface area contributed by atoms with E-state index in [1.54, 1.807) is 24.3 Å². The van der Waals surface area contributed by atoms with E-state index in [2.05, 4.69) is 10.4 Å². The first-order valence-electron chi connectivity index (χ1n) is 4.67. The average Bonchev–Trinajstić information content (AvgIpc) is 2.74. The molecule has 6 nitrogen and oxygen atoms in total. The summed E-state index contributed by atoms with van der Waals surface area (Å²) in [5.74, 6) is 0. The first-order valence-corrected chi connectivity index (χ1v) is 6.08. The molecule has 2 aromatic carbocycles. The van der Waals surface area contributed by atoms with E-state index in [4.69, 9.17) is 4.52 Å². The third kappa shape index (κ3) is 2.04. The Morgan fingerprint density at radius 1 is 1.17 bits per heavy atom. The summed E-state index contributed by atoms with van der Waals surface area (Å²) in [6.45, 7) is 0. The van der Waals surface area contributed by atoms with Crippen LogP contribution in [0.1, 0.15) is 0 Å². The molecule has 0 aliphatic carbocycles. The molecule has 0 unspecified atom stereocenters. The minimum Gasteiger partial charge on any atom is -0.744 e. The van der Waals surface area contributed by atoms with Gasteiger partial charge in [-0.2, -0.15) is 0 Å². The van der Waals surface area contributed by atoms with Crippen molar-refractivity contribution in [2.24, 2.45) is 0 Å². The molecule has 1 heterocycles. The molecule has 0 atom stereocenters. The van der Waals surface area contributed by atoms with Crippen molar-refractivity contribution in [2.45, 2.75) is 4.90 Å². The average molecular weight is 272 g/mol. The van der Waals surface area contributed by atoms with Crippen LogP contribution in [0.3, 0.4) is 0 Å². The Morgan fingerprint density at radius 2 is 1.83 bits per heavy atom. The molecule has 3 aromatic rings. The van der Waals surface area contributed by atoms with E-state index in [-0.39, 0.29) is 40.0 Å². The van der Waals surface area contributed by atoms with Gasteiger partial charge in [-0.3, -0.25) is 0 Å². The maximum atomic E-state index is 11.2. The minimum atomic E-state index is -4.56. The van der Waals surface area contributed by atoms with Gasteiger partial charge in [-0.25, -0.2) is 8.42 Å². The van der Waals surface area contributed by atoms with Gasteiger partial charge < -0.3 is 9.08 Å². The number of nitrogens with zero attached hydrogens (tertiary/aromatic N) is 2. The van der Waals surface area contributed by atoms with Crippen LogP contribution in [0.15, 0.2) is 39.8 Å². The molecule has 0 aliphatic rings. The van der Waals surface area contributed by atoms with Crippen LogP contribution in [-0.4, -0.2) is 23.3 Å². The fraction of sp³-hybridized carbons (Fsp3) is 0. The molecule has 1 aromatic heterocycles. The van der Waals surface area contributed by atoms with Crippen LogP contribution < -0.4 is 29.6 Å². The third-order valence-electron chi connectivity index (χ3n) is 2.49. The molecule has 0 fully saturated rings. The van der Waals surface area contributed by atoms with Crippen molar-refractivity contribution < 1.29 is 47.1 Å². The van der Waals surface area contributed by atoms with Crippen molar-refractivity contribution in [2.75, 3.05) is 0 Å². The van der Waals surface area contributed by atoms with Crippen molar-refractivity contribution in [3.05, 3.63) is 30.3 Å². The largest absolute Gasteiger partial charge is 1.00 e. The Balaban J connectivity index is 0.00000120. The maximum absolute atomic E-state index is 11.2. The first-order chi connectivity index (χ1) is 8.07. The standard InChI is InChI=1S/C10H6N2O4S.Na/c13-17(14,15)9-5-8-10(11-12-16-8)7-4-2-1-3-6(7)9;/h1-5H,(H,13,14,15);/q;+1/p-1. The molecule has 18 heavy (non-hydrogen) atoms. The van der Waals surface area contributed by atoms with Crippen LogP contribution in [0.5, 0.6) is 0 Å². The molecule has 0 radical (unpaired) electrons. The minimum absolute atomic E-state index is 0. The zero-order chi connectivity index (χ0) is 12.0. The number of benzene rings is 2. The summed E-state index contributed by atoms with van der Waals surface area (Å²) >= 11 is 0. The molecule has 0 amide bonds. The second-order valence-corrected chi connectivity index (χ2v) is 4.84. The molecule has 86 valence electrons. The number of fused-ring (bicyclic) bond motifs is 3. The number of hydrogen-bond acceptors (Lipinski definition) is 6. The first kappa shape index (κ1) is 13.4. The molecule has 0 saturated heterocycles. The van der Waals surface area contributed by atoms with Gasteiger partial charge in [0.25, 0.3) is 0 Å². The van der Waals surface area contributed by atoms with E-state index in [0.717, 1.165) is 6.07 Å². The molecule has 3 rings (SSSR count). The summed E-state index contributed by atoms with van der Waals surface area (Å²) < 4.78 is 38.3. The summed E-state index contributed by atoms with van der Waals surface area (Å²) in [6.07, 6.45) is 0. The summed E-state index contributed by atoms with van der Waals surface area (Å²) in [4.78, 5) is -0.320. The molecule has 0 spiro atoms. The van der Waals surface area contributed by atoms with Crippen LogP contribution in [0.2, 0.25) is 0 Å². The number of hydrogen-bond donors (Lipinski definition) is 0. The topological polar surface area (TPSA) is 96.1 Å². The molecule has 0 bridgehead atoms. The Bertz CT molecular complexity index is 828. The van der Waals surface area contributed by atoms with Gasteiger partial charge in [0, 0.05) is 22.1 Å². The Labute approximate surface area is 124 Å². The van der Waals surface area contributed by atoms with Gasteiger partial charge in [-0.1, -0.05) is 24.3 Å². The molecule has 0 N–H and O–H groups in total. The molecular weight excluding hydrogens is 267 g/mol. The van der Waals surface area contributed by atoms with Crippen molar-refractivity contribution in [3.8, 4) is 0 Å². The molecular formula is C10H5N2NaO4S. The van der Waals surface area contributed by atoms with Gasteiger partial charge in [0.05, 0.1) is 4.90 Å². The fourth-order valence-electron chi connectivity index (χ4n) is 1.79. The second kappa shape index (κ2) is 4.60. The van der Waals surface area contributed by atoms with Crippen molar-refractivity contribution in [1.82, 2.24) is 10.4 Å². The number of aromatic nitrogens is 2. The zero-order valence-electron chi connectivity index (χ0n) is 9.32. The second-order valence-electron chi connectivity index (χ2n) is 3.49. The van der Waals surface area contributed by atoms with Crippen molar-refractivity contribution >= 4 is 32.0 Å². The van der Waals surface area contributed by atoms with E-state index >= 15 is 0 Å². The zero-order valence-corrected chi connectivity index (χ0v) is 12.1. The monoisotopic (exact) mass is 272 g/mol. The Hall–Kier alpha value is -0.990. The Morgan fingerprint density at radius 3 is 2.50 bits per heavy atom. The summed E-state index contributed by atoms with van der Waals surface area (Å²) in [5, 5.41) is 7.96. The van der Waals surface area contributed by atoms with Crippen LogP contribution in [-0.2, 0) is 10.1 Å². The van der Waals surface area contributed by atoms with Crippen molar-refractivity contribution in [3.63, 3.8) is 0 Å². The predicted molar refractivity (Wildman–Crippen MR) is 57.3 cm³/mol. The van der Waals surface area contributed by atoms with E-state index in [9.17, 15) is 13.0 Å². The van der Waals surface area contributed by atoms with Crippen molar-refractivity contribution in [1.29, 1.82) is 0 Å². The summed E-state index contributed by atoms with van der Waals surface area (Å²) in [7, 11) is -4.56. The van der Waals surface area contributed by atoms with E-state index in [1.807, 2.05) is 0 Å². The number of rotatable bonds is 1. The fourth-order valence-corrected chi connectivity index (χ4v) is 2.49. The summed E-state index contributed by atoms with van der Waals surface area (Å²) in [6, 6.07) is 7.73.